The van der Waals surface area contributed by atoms with E-state index in [-0.39, 0.29) is 23.4 Å². The maximum absolute atomic E-state index is 12.3. The lowest BCUT2D eigenvalue weighted by Gasteiger charge is -2.42. The SMILES string of the molecule is CC1(C)CN(C(=O)CCCNC(=O)NC2CCCCC2)CCC1N. The van der Waals surface area contributed by atoms with Crippen molar-refractivity contribution in [2.75, 3.05) is 19.6 Å². The summed E-state index contributed by atoms with van der Waals surface area (Å²) < 4.78 is 0. The van der Waals surface area contributed by atoms with E-state index in [4.69, 9.17) is 5.73 Å². The van der Waals surface area contributed by atoms with Crippen molar-refractivity contribution in [3.8, 4) is 0 Å². The number of nitrogens with two attached hydrogens (primary N) is 1. The number of carbonyl (C=O) groups excluding carboxylic acids is 2. The van der Waals surface area contributed by atoms with Crippen LogP contribution in [0.15, 0.2) is 0 Å². The van der Waals surface area contributed by atoms with E-state index in [2.05, 4.69) is 24.5 Å². The third-order valence-corrected chi connectivity index (χ3v) is 5.46. The number of hydrogen-bond acceptors (Lipinski definition) is 3. The summed E-state index contributed by atoms with van der Waals surface area (Å²) in [5.41, 5.74) is 6.09. The molecule has 0 aromatic heterocycles. The molecule has 0 radical (unpaired) electrons. The van der Waals surface area contributed by atoms with Crippen molar-refractivity contribution in [3.05, 3.63) is 0 Å². The second kappa shape index (κ2) is 8.70. The van der Waals surface area contributed by atoms with E-state index in [0.29, 0.717) is 25.4 Å². The van der Waals surface area contributed by atoms with Crippen LogP contribution in [0.4, 0.5) is 4.79 Å². The summed E-state index contributed by atoms with van der Waals surface area (Å²) in [6.45, 7) is 6.26. The predicted octanol–water partition coefficient (Wildman–Crippen LogP) is 1.98. The molecule has 6 heteroatoms. The van der Waals surface area contributed by atoms with E-state index < -0.39 is 0 Å². The van der Waals surface area contributed by atoms with Crippen molar-refractivity contribution in [1.82, 2.24) is 15.5 Å². The van der Waals surface area contributed by atoms with Gasteiger partial charge in [0.25, 0.3) is 0 Å². The fourth-order valence-corrected chi connectivity index (χ4v) is 3.67. The van der Waals surface area contributed by atoms with Gasteiger partial charge in [0.15, 0.2) is 0 Å². The highest BCUT2D eigenvalue weighted by Crippen LogP contribution is 2.28. The van der Waals surface area contributed by atoms with Crippen molar-refractivity contribution < 1.29 is 9.59 Å². The molecular weight excluding hydrogens is 304 g/mol. The second-order valence-corrected chi connectivity index (χ2v) is 8.04. The molecule has 2 aliphatic rings. The zero-order chi connectivity index (χ0) is 17.6. The topological polar surface area (TPSA) is 87.5 Å². The lowest BCUT2D eigenvalue weighted by Crippen LogP contribution is -2.54. The van der Waals surface area contributed by atoms with Gasteiger partial charge in [0.05, 0.1) is 0 Å². The van der Waals surface area contributed by atoms with Gasteiger partial charge in [-0.25, -0.2) is 4.79 Å². The number of nitrogens with zero attached hydrogens (tertiary/aromatic N) is 1. The Morgan fingerprint density at radius 2 is 1.88 bits per heavy atom. The number of urea groups is 1. The summed E-state index contributed by atoms with van der Waals surface area (Å²) in [6, 6.07) is 0.381. The molecule has 0 spiro atoms. The molecule has 1 saturated heterocycles. The average Bonchev–Trinajstić information content (AvgIpc) is 2.55. The Bertz CT molecular complexity index is 433. The minimum absolute atomic E-state index is 0.0218. The Balaban J connectivity index is 1.59. The van der Waals surface area contributed by atoms with Crippen molar-refractivity contribution in [1.29, 1.82) is 0 Å². The number of nitrogens with one attached hydrogen (secondary N) is 2. The summed E-state index contributed by atoms with van der Waals surface area (Å²) in [7, 11) is 0. The van der Waals surface area contributed by atoms with Crippen molar-refractivity contribution in [2.45, 2.75) is 77.3 Å². The van der Waals surface area contributed by atoms with Crippen LogP contribution in [0.2, 0.25) is 0 Å². The summed E-state index contributed by atoms with van der Waals surface area (Å²) in [5.74, 6) is 0.171. The standard InChI is InChI=1S/C18H34N4O2/c1-18(2)13-22(12-10-15(18)19)16(23)9-6-11-20-17(24)21-14-7-4-3-5-8-14/h14-15H,3-13,19H2,1-2H3,(H2,20,21,24). The Labute approximate surface area is 145 Å². The largest absolute Gasteiger partial charge is 0.342 e. The van der Waals surface area contributed by atoms with Gasteiger partial charge in [-0.2, -0.15) is 0 Å². The fraction of sp³-hybridized carbons (Fsp3) is 0.889. The molecule has 0 aromatic rings. The third-order valence-electron chi connectivity index (χ3n) is 5.46. The van der Waals surface area contributed by atoms with Crippen LogP contribution in [-0.2, 0) is 4.79 Å². The van der Waals surface area contributed by atoms with E-state index in [1.54, 1.807) is 0 Å². The first-order chi connectivity index (χ1) is 11.4. The van der Waals surface area contributed by atoms with Crippen LogP contribution in [0.3, 0.4) is 0 Å². The minimum Gasteiger partial charge on any atom is -0.342 e. The molecule has 1 aliphatic carbocycles. The van der Waals surface area contributed by atoms with Gasteiger partial charge >= 0.3 is 6.03 Å². The molecule has 0 bridgehead atoms. The van der Waals surface area contributed by atoms with Crippen molar-refractivity contribution >= 4 is 11.9 Å². The predicted molar refractivity (Wildman–Crippen MR) is 95.6 cm³/mol. The Morgan fingerprint density at radius 3 is 2.54 bits per heavy atom. The number of amides is 3. The van der Waals surface area contributed by atoms with Crippen LogP contribution in [-0.4, -0.2) is 48.6 Å². The molecular formula is C18H34N4O2. The van der Waals surface area contributed by atoms with Gasteiger partial charge in [-0.15, -0.1) is 0 Å². The van der Waals surface area contributed by atoms with Crippen LogP contribution in [0.1, 0.15) is 65.2 Å². The van der Waals surface area contributed by atoms with Gasteiger partial charge < -0.3 is 21.3 Å². The number of piperidine rings is 1. The number of carbonyl (C=O) groups is 2. The summed E-state index contributed by atoms with van der Waals surface area (Å²) >= 11 is 0. The van der Waals surface area contributed by atoms with E-state index >= 15 is 0 Å². The average molecular weight is 338 g/mol. The van der Waals surface area contributed by atoms with Gasteiger partial charge in [-0.3, -0.25) is 4.79 Å². The molecule has 3 amide bonds. The van der Waals surface area contributed by atoms with Crippen LogP contribution < -0.4 is 16.4 Å². The molecule has 24 heavy (non-hydrogen) atoms. The van der Waals surface area contributed by atoms with Gasteiger partial charge in [0.2, 0.25) is 5.91 Å². The highest BCUT2D eigenvalue weighted by Gasteiger charge is 2.34. The first-order valence-electron chi connectivity index (χ1n) is 9.46. The monoisotopic (exact) mass is 338 g/mol. The second-order valence-electron chi connectivity index (χ2n) is 8.04. The van der Waals surface area contributed by atoms with Crippen molar-refractivity contribution in [3.63, 3.8) is 0 Å². The maximum Gasteiger partial charge on any atom is 0.315 e. The zero-order valence-electron chi connectivity index (χ0n) is 15.3. The molecule has 6 nitrogen and oxygen atoms in total. The first kappa shape index (κ1) is 19.0. The summed E-state index contributed by atoms with van der Waals surface area (Å²) in [5, 5.41) is 5.90. The molecule has 1 atom stereocenters. The number of likely N-dealkylation sites (tertiary alicyclic amines) is 1. The van der Waals surface area contributed by atoms with Crippen LogP contribution in [0, 0.1) is 5.41 Å². The van der Waals surface area contributed by atoms with Crippen LogP contribution in [0.5, 0.6) is 0 Å². The molecule has 1 heterocycles. The lowest BCUT2D eigenvalue weighted by atomic mass is 9.79. The molecule has 1 unspecified atom stereocenters. The Kier molecular flexibility index (Phi) is 6.90. The smallest absolute Gasteiger partial charge is 0.315 e. The Hall–Kier alpha value is -1.30. The first-order valence-corrected chi connectivity index (χ1v) is 9.46. The van der Waals surface area contributed by atoms with E-state index in [0.717, 1.165) is 32.4 Å². The quantitative estimate of drug-likeness (QED) is 0.670. The number of rotatable bonds is 5. The molecule has 2 rings (SSSR count). The molecule has 138 valence electrons. The fourth-order valence-electron chi connectivity index (χ4n) is 3.67. The highest BCUT2D eigenvalue weighted by molar-refractivity contribution is 5.77. The third kappa shape index (κ3) is 5.65. The molecule has 0 aromatic carbocycles. The molecule has 1 aliphatic heterocycles. The Morgan fingerprint density at radius 1 is 1.17 bits per heavy atom. The van der Waals surface area contributed by atoms with Crippen LogP contribution >= 0.6 is 0 Å². The van der Waals surface area contributed by atoms with E-state index in [9.17, 15) is 9.59 Å². The summed E-state index contributed by atoms with van der Waals surface area (Å²) in [6.07, 6.45) is 7.87. The zero-order valence-corrected chi connectivity index (χ0v) is 15.3. The van der Waals surface area contributed by atoms with E-state index in [1.807, 2.05) is 4.90 Å². The molecule has 4 N–H and O–H groups in total. The van der Waals surface area contributed by atoms with Gasteiger partial charge in [-0.1, -0.05) is 33.1 Å². The van der Waals surface area contributed by atoms with Crippen LogP contribution in [0.25, 0.3) is 0 Å². The van der Waals surface area contributed by atoms with Gasteiger partial charge in [-0.05, 0) is 31.1 Å². The van der Waals surface area contributed by atoms with Gasteiger partial charge in [0.1, 0.15) is 0 Å². The minimum atomic E-state index is -0.0978. The number of hydrogen-bond donors (Lipinski definition) is 3. The van der Waals surface area contributed by atoms with Crippen molar-refractivity contribution in [2.24, 2.45) is 11.1 Å². The lowest BCUT2D eigenvalue weighted by molar-refractivity contribution is -0.134. The van der Waals surface area contributed by atoms with Gasteiger partial charge in [0, 0.05) is 38.1 Å². The maximum atomic E-state index is 12.3. The van der Waals surface area contributed by atoms with E-state index in [1.165, 1.54) is 19.3 Å². The summed E-state index contributed by atoms with van der Waals surface area (Å²) in [4.78, 5) is 26.1. The molecule has 1 saturated carbocycles. The normalized spacial score (nSPS) is 24.5. The highest BCUT2D eigenvalue weighted by atomic mass is 16.2. The molecule has 2 fully saturated rings.